The lowest BCUT2D eigenvalue weighted by atomic mass is 10.1. The maximum absolute atomic E-state index is 5.57. The second-order valence-electron chi connectivity index (χ2n) is 4.22. The number of anilines is 1. The van der Waals surface area contributed by atoms with Crippen molar-refractivity contribution in [2.45, 2.75) is 13.0 Å². The van der Waals surface area contributed by atoms with Crippen LogP contribution in [-0.2, 0) is 0 Å². The van der Waals surface area contributed by atoms with Gasteiger partial charge in [0.2, 0.25) is 0 Å². The topological polar surface area (TPSA) is 38.0 Å². The van der Waals surface area contributed by atoms with Crippen LogP contribution in [0.3, 0.4) is 0 Å². The van der Waals surface area contributed by atoms with Crippen molar-refractivity contribution in [3.63, 3.8) is 0 Å². The van der Waals surface area contributed by atoms with Crippen LogP contribution in [0.5, 0.6) is 0 Å². The van der Waals surface area contributed by atoms with Crippen molar-refractivity contribution in [2.24, 2.45) is 5.73 Å². The molecule has 3 heteroatoms. The number of nitrogens with two attached hydrogens (primary N) is 1. The van der Waals surface area contributed by atoms with Crippen LogP contribution in [-0.4, -0.2) is 4.99 Å². The SMILES string of the molecule is CC(Nc1ccc(C(N)=S)cc1)c1ccccc1. The fourth-order valence-electron chi connectivity index (χ4n) is 1.81. The zero-order valence-electron chi connectivity index (χ0n) is 10.3. The van der Waals surface area contributed by atoms with Gasteiger partial charge in [-0.3, -0.25) is 0 Å². The Bertz CT molecular complexity index is 520. The number of nitrogens with one attached hydrogen (secondary N) is 1. The first-order chi connectivity index (χ1) is 8.66. The quantitative estimate of drug-likeness (QED) is 0.822. The second kappa shape index (κ2) is 5.65. The van der Waals surface area contributed by atoms with Crippen LogP contribution < -0.4 is 11.1 Å². The molecular formula is C15H16N2S. The molecule has 0 saturated carbocycles. The molecule has 0 aliphatic heterocycles. The number of hydrogen-bond donors (Lipinski definition) is 2. The first kappa shape index (κ1) is 12.6. The van der Waals surface area contributed by atoms with Crippen molar-refractivity contribution >= 4 is 22.9 Å². The molecule has 92 valence electrons. The molecule has 2 aromatic carbocycles. The summed E-state index contributed by atoms with van der Waals surface area (Å²) in [6.45, 7) is 2.14. The van der Waals surface area contributed by atoms with E-state index in [0.717, 1.165) is 11.3 Å². The smallest absolute Gasteiger partial charge is 0.103 e. The van der Waals surface area contributed by atoms with E-state index < -0.39 is 0 Å². The average Bonchev–Trinajstić information content (AvgIpc) is 2.40. The van der Waals surface area contributed by atoms with Gasteiger partial charge in [-0.05, 0) is 36.8 Å². The van der Waals surface area contributed by atoms with Gasteiger partial charge in [0.25, 0.3) is 0 Å². The Morgan fingerprint density at radius 3 is 2.22 bits per heavy atom. The molecule has 0 aliphatic rings. The molecule has 2 rings (SSSR count). The summed E-state index contributed by atoms with van der Waals surface area (Å²) in [7, 11) is 0. The van der Waals surface area contributed by atoms with Gasteiger partial charge < -0.3 is 11.1 Å². The molecule has 0 bridgehead atoms. The Kier molecular flexibility index (Phi) is 3.95. The van der Waals surface area contributed by atoms with Gasteiger partial charge in [-0.25, -0.2) is 0 Å². The fourth-order valence-corrected chi connectivity index (χ4v) is 1.94. The molecule has 0 aromatic heterocycles. The van der Waals surface area contributed by atoms with Gasteiger partial charge >= 0.3 is 0 Å². The molecule has 0 amide bonds. The lowest BCUT2D eigenvalue weighted by Gasteiger charge is -2.15. The van der Waals surface area contributed by atoms with Gasteiger partial charge in [0, 0.05) is 17.3 Å². The molecule has 3 N–H and O–H groups in total. The molecule has 2 aromatic rings. The molecule has 1 atom stereocenters. The van der Waals surface area contributed by atoms with Crippen molar-refractivity contribution in [1.82, 2.24) is 0 Å². The number of rotatable bonds is 4. The third kappa shape index (κ3) is 3.08. The van der Waals surface area contributed by atoms with Crippen molar-refractivity contribution in [3.05, 3.63) is 65.7 Å². The predicted octanol–water partition coefficient (Wildman–Crippen LogP) is 3.49. The normalized spacial score (nSPS) is 11.8. The monoisotopic (exact) mass is 256 g/mol. The molecule has 1 unspecified atom stereocenters. The van der Waals surface area contributed by atoms with Gasteiger partial charge in [-0.15, -0.1) is 0 Å². The first-order valence-corrected chi connectivity index (χ1v) is 6.29. The third-order valence-corrected chi connectivity index (χ3v) is 3.09. The van der Waals surface area contributed by atoms with Crippen LogP contribution in [0.25, 0.3) is 0 Å². The van der Waals surface area contributed by atoms with E-state index in [0.29, 0.717) is 4.99 Å². The minimum absolute atomic E-state index is 0.266. The van der Waals surface area contributed by atoms with E-state index in [1.165, 1.54) is 5.56 Å². The highest BCUT2D eigenvalue weighted by molar-refractivity contribution is 7.80. The van der Waals surface area contributed by atoms with E-state index in [1.54, 1.807) is 0 Å². The summed E-state index contributed by atoms with van der Waals surface area (Å²) in [6.07, 6.45) is 0. The molecule has 0 spiro atoms. The molecule has 0 heterocycles. The highest BCUT2D eigenvalue weighted by Gasteiger charge is 2.04. The van der Waals surface area contributed by atoms with Crippen LogP contribution in [0.1, 0.15) is 24.1 Å². The number of benzene rings is 2. The van der Waals surface area contributed by atoms with E-state index in [2.05, 4.69) is 24.4 Å². The Balaban J connectivity index is 2.08. The third-order valence-electron chi connectivity index (χ3n) is 2.85. The van der Waals surface area contributed by atoms with Crippen LogP contribution in [0, 0.1) is 0 Å². The van der Waals surface area contributed by atoms with Crippen LogP contribution in [0.4, 0.5) is 5.69 Å². The van der Waals surface area contributed by atoms with Crippen molar-refractivity contribution < 1.29 is 0 Å². The van der Waals surface area contributed by atoms with Gasteiger partial charge in [0.05, 0.1) is 0 Å². The molecular weight excluding hydrogens is 240 g/mol. The summed E-state index contributed by atoms with van der Waals surface area (Å²) in [6, 6.07) is 18.5. The van der Waals surface area contributed by atoms with Gasteiger partial charge in [-0.1, -0.05) is 42.5 Å². The van der Waals surface area contributed by atoms with E-state index >= 15 is 0 Å². The van der Waals surface area contributed by atoms with Crippen molar-refractivity contribution in [2.75, 3.05) is 5.32 Å². The van der Waals surface area contributed by atoms with Crippen LogP contribution >= 0.6 is 12.2 Å². The Hall–Kier alpha value is -1.87. The number of thiocarbonyl (C=S) groups is 1. The van der Waals surface area contributed by atoms with Gasteiger partial charge in [0.15, 0.2) is 0 Å². The lowest BCUT2D eigenvalue weighted by molar-refractivity contribution is 0.885. The van der Waals surface area contributed by atoms with Crippen LogP contribution in [0.15, 0.2) is 54.6 Å². The Morgan fingerprint density at radius 2 is 1.67 bits per heavy atom. The summed E-state index contributed by atoms with van der Waals surface area (Å²) in [5.41, 5.74) is 8.78. The second-order valence-corrected chi connectivity index (χ2v) is 4.66. The zero-order chi connectivity index (χ0) is 13.0. The minimum Gasteiger partial charge on any atom is -0.389 e. The highest BCUT2D eigenvalue weighted by atomic mass is 32.1. The molecule has 0 aliphatic carbocycles. The molecule has 0 radical (unpaired) electrons. The van der Waals surface area contributed by atoms with Crippen molar-refractivity contribution in [1.29, 1.82) is 0 Å². The number of hydrogen-bond acceptors (Lipinski definition) is 2. The first-order valence-electron chi connectivity index (χ1n) is 5.88. The summed E-state index contributed by atoms with van der Waals surface area (Å²) in [4.78, 5) is 0.428. The molecule has 2 nitrogen and oxygen atoms in total. The lowest BCUT2D eigenvalue weighted by Crippen LogP contribution is -2.10. The van der Waals surface area contributed by atoms with Gasteiger partial charge in [-0.2, -0.15) is 0 Å². The standard InChI is InChI=1S/C15H16N2S/c1-11(12-5-3-2-4-6-12)17-14-9-7-13(8-10-14)15(16)18/h2-11,17H,1H3,(H2,16,18). The van der Waals surface area contributed by atoms with Crippen LogP contribution in [0.2, 0.25) is 0 Å². The summed E-state index contributed by atoms with van der Waals surface area (Å²) < 4.78 is 0. The van der Waals surface area contributed by atoms with E-state index in [9.17, 15) is 0 Å². The fraction of sp³-hybridized carbons (Fsp3) is 0.133. The summed E-state index contributed by atoms with van der Waals surface area (Å²) in [5.74, 6) is 0. The maximum atomic E-state index is 5.57. The molecule has 0 saturated heterocycles. The molecule has 0 fully saturated rings. The van der Waals surface area contributed by atoms with E-state index in [-0.39, 0.29) is 6.04 Å². The highest BCUT2D eigenvalue weighted by Crippen LogP contribution is 2.19. The summed E-state index contributed by atoms with van der Waals surface area (Å²) in [5, 5.41) is 3.44. The summed E-state index contributed by atoms with van der Waals surface area (Å²) >= 11 is 4.93. The maximum Gasteiger partial charge on any atom is 0.103 e. The predicted molar refractivity (Wildman–Crippen MR) is 80.8 cm³/mol. The van der Waals surface area contributed by atoms with E-state index in [4.69, 9.17) is 18.0 Å². The Labute approximate surface area is 113 Å². The van der Waals surface area contributed by atoms with Crippen molar-refractivity contribution in [3.8, 4) is 0 Å². The average molecular weight is 256 g/mol. The van der Waals surface area contributed by atoms with Gasteiger partial charge in [0.1, 0.15) is 4.99 Å². The minimum atomic E-state index is 0.266. The Morgan fingerprint density at radius 1 is 1.06 bits per heavy atom. The largest absolute Gasteiger partial charge is 0.389 e. The van der Waals surface area contributed by atoms with E-state index in [1.807, 2.05) is 42.5 Å². The molecule has 18 heavy (non-hydrogen) atoms. The zero-order valence-corrected chi connectivity index (χ0v) is 11.1.